The molecule has 2 heteroatoms. The Balaban J connectivity index is 1.60. The summed E-state index contributed by atoms with van der Waals surface area (Å²) in [6.07, 6.45) is 0. The van der Waals surface area contributed by atoms with Gasteiger partial charge >= 0.3 is 0 Å². The van der Waals surface area contributed by atoms with Gasteiger partial charge in [-0.3, -0.25) is 0 Å². The van der Waals surface area contributed by atoms with Crippen LogP contribution in [-0.2, 0) is 5.41 Å². The molecule has 4 aromatic rings. The summed E-state index contributed by atoms with van der Waals surface area (Å²) in [5.41, 5.74) is 10.2. The molecule has 0 atom stereocenters. The minimum absolute atomic E-state index is 0.00853. The van der Waals surface area contributed by atoms with Gasteiger partial charge in [-0.05, 0) is 58.1 Å². The first-order valence-electron chi connectivity index (χ1n) is 9.90. The van der Waals surface area contributed by atoms with Gasteiger partial charge in [0.15, 0.2) is 0 Å². The molecule has 4 aromatic carbocycles. The van der Waals surface area contributed by atoms with Gasteiger partial charge in [0.2, 0.25) is 0 Å². The van der Waals surface area contributed by atoms with Crippen LogP contribution in [0.1, 0.15) is 25.0 Å². The van der Waals surface area contributed by atoms with Crippen molar-refractivity contribution >= 4 is 27.3 Å². The molecule has 1 aliphatic carbocycles. The quantitative estimate of drug-likeness (QED) is 0.339. The lowest BCUT2D eigenvalue weighted by Gasteiger charge is -2.22. The van der Waals surface area contributed by atoms with E-state index in [0.29, 0.717) is 0 Å². The van der Waals surface area contributed by atoms with Crippen LogP contribution in [0, 0.1) is 0 Å². The van der Waals surface area contributed by atoms with Crippen LogP contribution in [0.4, 0.5) is 11.4 Å². The fourth-order valence-corrected chi connectivity index (χ4v) is 4.84. The van der Waals surface area contributed by atoms with Gasteiger partial charge in [0, 0.05) is 26.8 Å². The molecule has 1 nitrogen and oxygen atoms in total. The molecule has 5 rings (SSSR count). The molecular weight excluding hydrogens is 418 g/mol. The summed E-state index contributed by atoms with van der Waals surface area (Å²) in [6, 6.07) is 32.5. The summed E-state index contributed by atoms with van der Waals surface area (Å²) >= 11 is 3.56. The lowest BCUT2D eigenvalue weighted by molar-refractivity contribution is 0.660. The second-order valence-electron chi connectivity index (χ2n) is 8.11. The van der Waals surface area contributed by atoms with Crippen LogP contribution in [0.3, 0.4) is 0 Å². The fraction of sp³-hybridized carbons (Fsp3) is 0.111. The highest BCUT2D eigenvalue weighted by molar-refractivity contribution is 9.10. The molecule has 1 N–H and O–H groups in total. The zero-order valence-electron chi connectivity index (χ0n) is 16.5. The molecule has 0 heterocycles. The van der Waals surface area contributed by atoms with Crippen LogP contribution in [0.5, 0.6) is 0 Å². The summed E-state index contributed by atoms with van der Waals surface area (Å²) in [5.74, 6) is 0. The molecule has 0 saturated heterocycles. The van der Waals surface area contributed by atoms with E-state index in [0.717, 1.165) is 15.8 Å². The van der Waals surface area contributed by atoms with Gasteiger partial charge in [-0.25, -0.2) is 0 Å². The highest BCUT2D eigenvalue weighted by atomic mass is 79.9. The molecule has 0 bridgehead atoms. The van der Waals surface area contributed by atoms with Crippen LogP contribution in [0.2, 0.25) is 0 Å². The fourth-order valence-electron chi connectivity index (χ4n) is 4.44. The minimum Gasteiger partial charge on any atom is -0.355 e. The lowest BCUT2D eigenvalue weighted by atomic mass is 9.81. The van der Waals surface area contributed by atoms with E-state index in [1.54, 1.807) is 0 Å². The number of rotatable bonds is 3. The van der Waals surface area contributed by atoms with Gasteiger partial charge in [0.25, 0.3) is 0 Å². The normalized spacial score (nSPS) is 13.6. The monoisotopic (exact) mass is 439 g/mol. The van der Waals surface area contributed by atoms with Gasteiger partial charge < -0.3 is 5.32 Å². The summed E-state index contributed by atoms with van der Waals surface area (Å²) in [7, 11) is 0. The summed E-state index contributed by atoms with van der Waals surface area (Å²) in [5, 5.41) is 3.59. The molecule has 0 unspecified atom stereocenters. The number of hydrogen-bond donors (Lipinski definition) is 1. The van der Waals surface area contributed by atoms with Gasteiger partial charge in [-0.1, -0.05) is 90.4 Å². The standard InChI is InChI=1S/C27H22BrN/c1-27(2)24-12-5-3-11-22(24)23-15-14-18(16-25(23)27)21-10-4-6-13-26(21)29-20-9-7-8-19(28)17-20/h3-17,29H,1-2H3. The van der Waals surface area contributed by atoms with E-state index >= 15 is 0 Å². The van der Waals surface area contributed by atoms with Crippen molar-refractivity contribution in [3.05, 3.63) is 107 Å². The molecule has 0 amide bonds. The predicted molar refractivity (Wildman–Crippen MR) is 127 cm³/mol. The van der Waals surface area contributed by atoms with Crippen LogP contribution in [0.15, 0.2) is 95.5 Å². The lowest BCUT2D eigenvalue weighted by Crippen LogP contribution is -2.14. The van der Waals surface area contributed by atoms with Gasteiger partial charge in [0.1, 0.15) is 0 Å². The molecule has 29 heavy (non-hydrogen) atoms. The molecule has 1 aliphatic rings. The van der Waals surface area contributed by atoms with Crippen molar-refractivity contribution in [1.29, 1.82) is 0 Å². The van der Waals surface area contributed by atoms with Crippen molar-refractivity contribution in [3.8, 4) is 22.3 Å². The summed E-state index contributed by atoms with van der Waals surface area (Å²) in [4.78, 5) is 0. The number of halogens is 1. The van der Waals surface area contributed by atoms with Crippen molar-refractivity contribution < 1.29 is 0 Å². The predicted octanol–water partition coefficient (Wildman–Crippen LogP) is 8.17. The Morgan fingerprint density at radius 2 is 1.38 bits per heavy atom. The van der Waals surface area contributed by atoms with E-state index in [1.807, 2.05) is 12.1 Å². The molecule has 142 valence electrons. The number of benzene rings is 4. The molecule has 0 fully saturated rings. The second-order valence-corrected chi connectivity index (χ2v) is 9.03. The molecule has 0 aliphatic heterocycles. The minimum atomic E-state index is 0.00853. The highest BCUT2D eigenvalue weighted by Gasteiger charge is 2.35. The van der Waals surface area contributed by atoms with E-state index in [2.05, 4.69) is 114 Å². The summed E-state index contributed by atoms with van der Waals surface area (Å²) in [6.45, 7) is 4.65. The molecule has 0 saturated carbocycles. The Morgan fingerprint density at radius 1 is 0.655 bits per heavy atom. The number of para-hydroxylation sites is 1. The Kier molecular flexibility index (Phi) is 4.33. The average molecular weight is 440 g/mol. The first-order valence-corrected chi connectivity index (χ1v) is 10.7. The third-order valence-electron chi connectivity index (χ3n) is 5.93. The first kappa shape index (κ1) is 18.2. The Bertz CT molecular complexity index is 1220. The van der Waals surface area contributed by atoms with E-state index in [4.69, 9.17) is 0 Å². The van der Waals surface area contributed by atoms with Crippen LogP contribution in [-0.4, -0.2) is 0 Å². The van der Waals surface area contributed by atoms with E-state index in [-0.39, 0.29) is 5.41 Å². The van der Waals surface area contributed by atoms with Gasteiger partial charge in [-0.2, -0.15) is 0 Å². The molecule has 0 spiro atoms. The van der Waals surface area contributed by atoms with Crippen molar-refractivity contribution in [2.45, 2.75) is 19.3 Å². The van der Waals surface area contributed by atoms with E-state index < -0.39 is 0 Å². The maximum absolute atomic E-state index is 3.59. The Hall–Kier alpha value is -2.84. The number of nitrogens with one attached hydrogen (secondary N) is 1. The number of hydrogen-bond acceptors (Lipinski definition) is 1. The van der Waals surface area contributed by atoms with Gasteiger partial charge in [0.05, 0.1) is 0 Å². The van der Waals surface area contributed by atoms with Crippen LogP contribution in [0.25, 0.3) is 22.3 Å². The Labute approximate surface area is 180 Å². The molecule has 0 radical (unpaired) electrons. The maximum Gasteiger partial charge on any atom is 0.0463 e. The van der Waals surface area contributed by atoms with Crippen LogP contribution < -0.4 is 5.32 Å². The second kappa shape index (κ2) is 6.89. The Morgan fingerprint density at radius 3 is 2.21 bits per heavy atom. The van der Waals surface area contributed by atoms with Crippen molar-refractivity contribution in [1.82, 2.24) is 0 Å². The number of anilines is 2. The van der Waals surface area contributed by atoms with Crippen molar-refractivity contribution in [2.75, 3.05) is 5.32 Å². The van der Waals surface area contributed by atoms with Crippen molar-refractivity contribution in [3.63, 3.8) is 0 Å². The average Bonchev–Trinajstić information content (AvgIpc) is 2.96. The van der Waals surface area contributed by atoms with Gasteiger partial charge in [-0.15, -0.1) is 0 Å². The smallest absolute Gasteiger partial charge is 0.0463 e. The number of fused-ring (bicyclic) bond motifs is 3. The third kappa shape index (κ3) is 3.08. The first-order chi connectivity index (χ1) is 14.0. The SMILES string of the molecule is CC1(C)c2ccccc2-c2ccc(-c3ccccc3Nc3cccc(Br)c3)cc21. The zero-order chi connectivity index (χ0) is 20.0. The topological polar surface area (TPSA) is 12.0 Å². The van der Waals surface area contributed by atoms with E-state index in [9.17, 15) is 0 Å². The van der Waals surface area contributed by atoms with Crippen LogP contribution >= 0.6 is 15.9 Å². The largest absolute Gasteiger partial charge is 0.355 e. The maximum atomic E-state index is 3.59. The third-order valence-corrected chi connectivity index (χ3v) is 6.42. The molecular formula is C27H22BrN. The van der Waals surface area contributed by atoms with Crippen molar-refractivity contribution in [2.24, 2.45) is 0 Å². The summed E-state index contributed by atoms with van der Waals surface area (Å²) < 4.78 is 1.07. The van der Waals surface area contributed by atoms with E-state index in [1.165, 1.54) is 33.4 Å². The highest BCUT2D eigenvalue weighted by Crippen LogP contribution is 2.49. The zero-order valence-corrected chi connectivity index (χ0v) is 18.1. The molecule has 0 aromatic heterocycles.